The van der Waals surface area contributed by atoms with Gasteiger partial charge in [0.25, 0.3) is 0 Å². The quantitative estimate of drug-likeness (QED) is 0.259. The predicted molar refractivity (Wildman–Crippen MR) is 139 cm³/mol. The summed E-state index contributed by atoms with van der Waals surface area (Å²) in [6.07, 6.45) is 3.54. The summed E-state index contributed by atoms with van der Waals surface area (Å²) in [5.41, 5.74) is 8.68. The van der Waals surface area contributed by atoms with E-state index in [1.54, 1.807) is 7.05 Å². The summed E-state index contributed by atoms with van der Waals surface area (Å²) < 4.78 is 0. The first-order chi connectivity index (χ1) is 16.4. The molecule has 2 aromatic carbocycles. The normalized spacial score (nSPS) is 12.9. The van der Waals surface area contributed by atoms with Crippen molar-refractivity contribution in [2.24, 2.45) is 5.73 Å². The number of amides is 2. The van der Waals surface area contributed by atoms with Crippen LogP contribution in [-0.2, 0) is 22.6 Å². The van der Waals surface area contributed by atoms with E-state index < -0.39 is 6.04 Å². The number of nitrogens with one attached hydrogen (secondary N) is 4. The Balaban J connectivity index is 1.97. The van der Waals surface area contributed by atoms with E-state index in [4.69, 9.17) is 5.73 Å². The van der Waals surface area contributed by atoms with Crippen LogP contribution >= 0.6 is 0 Å². The average Bonchev–Trinajstić information content (AvgIpc) is 2.84. The zero-order valence-electron chi connectivity index (χ0n) is 20.8. The van der Waals surface area contributed by atoms with Gasteiger partial charge in [0.2, 0.25) is 11.8 Å². The van der Waals surface area contributed by atoms with Gasteiger partial charge in [-0.2, -0.15) is 0 Å². The number of nitrogens with two attached hydrogens (primary N) is 1. The summed E-state index contributed by atoms with van der Waals surface area (Å²) in [5, 5.41) is 12.4. The molecule has 0 fully saturated rings. The monoisotopic (exact) mass is 467 g/mol. The van der Waals surface area contributed by atoms with Crippen molar-refractivity contribution in [3.8, 4) is 0 Å². The van der Waals surface area contributed by atoms with Gasteiger partial charge < -0.3 is 27.0 Å². The van der Waals surface area contributed by atoms with Crippen LogP contribution in [0.5, 0.6) is 0 Å². The molecule has 0 saturated heterocycles. The van der Waals surface area contributed by atoms with Gasteiger partial charge in [0.1, 0.15) is 6.04 Å². The molecular weight excluding hydrogens is 426 g/mol. The number of carbonyl (C=O) groups excluding carboxylic acids is 2. The van der Waals surface area contributed by atoms with Crippen LogP contribution in [0.1, 0.15) is 50.7 Å². The van der Waals surface area contributed by atoms with E-state index in [0.717, 1.165) is 31.4 Å². The maximum Gasteiger partial charge on any atom is 0.246 e. The molecule has 0 aliphatic heterocycles. The van der Waals surface area contributed by atoms with Crippen molar-refractivity contribution < 1.29 is 9.59 Å². The summed E-state index contributed by atoms with van der Waals surface area (Å²) in [6.45, 7) is 5.55. The van der Waals surface area contributed by atoms with Crippen LogP contribution in [0.15, 0.2) is 54.6 Å². The number of carbonyl (C=O) groups is 2. The molecule has 6 N–H and O–H groups in total. The Hall–Kier alpha value is -2.74. The van der Waals surface area contributed by atoms with Crippen molar-refractivity contribution in [2.45, 2.75) is 70.6 Å². The highest BCUT2D eigenvalue weighted by Crippen LogP contribution is 2.12. The molecule has 0 saturated carbocycles. The lowest BCUT2D eigenvalue weighted by Gasteiger charge is -2.22. The maximum atomic E-state index is 13.0. The fraction of sp³-hybridized carbons (Fsp3) is 0.481. The summed E-state index contributed by atoms with van der Waals surface area (Å²) in [7, 11) is 1.77. The Bertz CT molecular complexity index is 855. The van der Waals surface area contributed by atoms with E-state index >= 15 is 0 Å². The van der Waals surface area contributed by atoms with Gasteiger partial charge >= 0.3 is 0 Å². The third-order valence-corrected chi connectivity index (χ3v) is 5.75. The first-order valence-corrected chi connectivity index (χ1v) is 12.3. The zero-order chi connectivity index (χ0) is 24.8. The second-order valence-electron chi connectivity index (χ2n) is 8.93. The van der Waals surface area contributed by atoms with E-state index in [9.17, 15) is 9.59 Å². The number of likely N-dealkylation sites (N-methyl/N-ethyl adjacent to an activating group) is 1. The van der Waals surface area contributed by atoms with Crippen LogP contribution in [0.3, 0.4) is 0 Å². The van der Waals surface area contributed by atoms with Crippen molar-refractivity contribution in [3.05, 3.63) is 65.7 Å². The molecule has 0 unspecified atom stereocenters. The Morgan fingerprint density at radius 3 is 2.18 bits per heavy atom. The van der Waals surface area contributed by atoms with Gasteiger partial charge in [0.05, 0.1) is 6.04 Å². The number of rotatable bonds is 15. The molecule has 0 bridgehead atoms. The lowest BCUT2D eigenvalue weighted by molar-refractivity contribution is -0.128. The Labute approximate surface area is 204 Å². The second kappa shape index (κ2) is 15.2. The Kier molecular flexibility index (Phi) is 12.3. The fourth-order valence-electron chi connectivity index (χ4n) is 3.65. The van der Waals surface area contributed by atoms with Gasteiger partial charge in [-0.25, -0.2) is 0 Å². The molecule has 0 aromatic heterocycles. The average molecular weight is 468 g/mol. The molecule has 0 radical (unpaired) electrons. The number of hydrogen-bond acceptors (Lipinski definition) is 5. The molecule has 0 aliphatic rings. The lowest BCUT2D eigenvalue weighted by atomic mass is 10.0. The van der Waals surface area contributed by atoms with Gasteiger partial charge in [0.15, 0.2) is 0 Å². The molecule has 7 heteroatoms. The van der Waals surface area contributed by atoms with Crippen molar-refractivity contribution >= 4 is 17.5 Å². The van der Waals surface area contributed by atoms with Crippen LogP contribution in [0.25, 0.3) is 0 Å². The molecule has 7 nitrogen and oxygen atoms in total. The first kappa shape index (κ1) is 27.5. The molecule has 34 heavy (non-hydrogen) atoms. The van der Waals surface area contributed by atoms with E-state index in [0.29, 0.717) is 31.1 Å². The van der Waals surface area contributed by atoms with Gasteiger partial charge in [-0.3, -0.25) is 9.59 Å². The van der Waals surface area contributed by atoms with Gasteiger partial charge in [-0.15, -0.1) is 0 Å². The summed E-state index contributed by atoms with van der Waals surface area (Å²) >= 11 is 0. The van der Waals surface area contributed by atoms with Crippen LogP contribution in [-0.4, -0.2) is 43.5 Å². The predicted octanol–water partition coefficient (Wildman–Crippen LogP) is 2.96. The van der Waals surface area contributed by atoms with E-state index in [1.807, 2.05) is 42.5 Å². The number of benzene rings is 2. The van der Waals surface area contributed by atoms with Crippen molar-refractivity contribution in [2.75, 3.05) is 18.9 Å². The number of aryl methyl sites for hydroxylation is 1. The van der Waals surface area contributed by atoms with E-state index in [1.165, 1.54) is 5.56 Å². The smallest absolute Gasteiger partial charge is 0.246 e. The molecule has 0 spiro atoms. The molecule has 186 valence electrons. The van der Waals surface area contributed by atoms with Gasteiger partial charge in [-0.1, -0.05) is 56.3 Å². The number of hydrogen-bond donors (Lipinski definition) is 5. The maximum absolute atomic E-state index is 13.0. The number of anilines is 1. The third kappa shape index (κ3) is 10.0. The van der Waals surface area contributed by atoms with Crippen LogP contribution in [0.4, 0.5) is 5.69 Å². The molecule has 0 aliphatic carbocycles. The highest BCUT2D eigenvalue weighted by atomic mass is 16.2. The molecule has 2 aromatic rings. The van der Waals surface area contributed by atoms with Crippen molar-refractivity contribution in [1.29, 1.82) is 0 Å². The minimum absolute atomic E-state index is 0.165. The zero-order valence-corrected chi connectivity index (χ0v) is 20.8. The molecule has 2 atom stereocenters. The topological polar surface area (TPSA) is 108 Å². The Morgan fingerprint density at radius 1 is 0.853 bits per heavy atom. The molecule has 2 amide bonds. The highest BCUT2D eigenvalue weighted by molar-refractivity contribution is 5.97. The van der Waals surface area contributed by atoms with Gasteiger partial charge in [-0.05, 0) is 69.0 Å². The first-order valence-electron chi connectivity index (χ1n) is 12.3. The van der Waals surface area contributed by atoms with Crippen LogP contribution < -0.4 is 27.0 Å². The summed E-state index contributed by atoms with van der Waals surface area (Å²) in [4.78, 5) is 26.0. The third-order valence-electron chi connectivity index (χ3n) is 5.75. The second-order valence-corrected chi connectivity index (χ2v) is 8.93. The Morgan fingerprint density at radius 2 is 1.56 bits per heavy atom. The summed E-state index contributed by atoms with van der Waals surface area (Å²) in [6, 6.07) is 17.3. The SMILES string of the molecule is CN[C@@H](CCc1ccccc1)C(=O)N[C@@H](CCCCN)C(=O)Nc1ccc(CNC(C)C)cc1. The highest BCUT2D eigenvalue weighted by Gasteiger charge is 2.24. The van der Waals surface area contributed by atoms with Gasteiger partial charge in [0, 0.05) is 18.3 Å². The lowest BCUT2D eigenvalue weighted by Crippen LogP contribution is -2.51. The minimum Gasteiger partial charge on any atom is -0.343 e. The molecular formula is C27H41N5O2. The molecule has 2 rings (SSSR count). The van der Waals surface area contributed by atoms with E-state index in [2.05, 4.69) is 47.2 Å². The number of unbranched alkanes of at least 4 members (excludes halogenated alkanes) is 1. The minimum atomic E-state index is -0.617. The van der Waals surface area contributed by atoms with E-state index in [-0.39, 0.29) is 17.9 Å². The van der Waals surface area contributed by atoms with Crippen molar-refractivity contribution in [3.63, 3.8) is 0 Å². The standard InChI is InChI=1S/C27H41N5O2/c1-20(2)30-19-22-12-15-23(16-13-22)31-27(34)25(11-7-8-18-28)32-26(33)24(29-3)17-14-21-9-5-4-6-10-21/h4-6,9-10,12-13,15-16,20,24-25,29-30H,7-8,11,14,17-19,28H2,1-3H3,(H,31,34)(H,32,33)/t24-,25-/m0/s1. The fourth-order valence-corrected chi connectivity index (χ4v) is 3.65. The summed E-state index contributed by atoms with van der Waals surface area (Å²) in [5.74, 6) is -0.377. The van der Waals surface area contributed by atoms with Crippen LogP contribution in [0.2, 0.25) is 0 Å². The van der Waals surface area contributed by atoms with Crippen LogP contribution in [0, 0.1) is 0 Å². The largest absolute Gasteiger partial charge is 0.343 e. The molecule has 0 heterocycles. The van der Waals surface area contributed by atoms with Crippen molar-refractivity contribution in [1.82, 2.24) is 16.0 Å².